The van der Waals surface area contributed by atoms with Gasteiger partial charge in [0.15, 0.2) is 12.3 Å². The highest BCUT2D eigenvalue weighted by atomic mass is 32.1. The van der Waals surface area contributed by atoms with Crippen molar-refractivity contribution in [1.82, 2.24) is 10.3 Å². The Morgan fingerprint density at radius 3 is 2.62 bits per heavy atom. The minimum absolute atomic E-state index is 0.0529. The highest BCUT2D eigenvalue weighted by Gasteiger charge is 2.15. The fraction of sp³-hybridized carbons (Fsp3) is 0.353. The first-order chi connectivity index (χ1) is 11.5. The molecule has 128 valence electrons. The number of carbonyl (C=O) groups excluding carboxylic acids is 2. The molecule has 6 nitrogen and oxygen atoms in total. The van der Waals surface area contributed by atoms with Gasteiger partial charge in [-0.2, -0.15) is 0 Å². The Labute approximate surface area is 144 Å². The van der Waals surface area contributed by atoms with Crippen LogP contribution in [-0.4, -0.2) is 36.6 Å². The summed E-state index contributed by atoms with van der Waals surface area (Å²) in [5.41, 5.74) is 1.08. The highest BCUT2D eigenvalue weighted by Crippen LogP contribution is 2.25. The molecule has 1 atom stereocenters. The van der Waals surface area contributed by atoms with Gasteiger partial charge in [0.1, 0.15) is 10.8 Å². The van der Waals surface area contributed by atoms with Gasteiger partial charge >= 0.3 is 5.97 Å². The third-order valence-corrected chi connectivity index (χ3v) is 4.30. The summed E-state index contributed by atoms with van der Waals surface area (Å²) in [5.74, 6) is -0.170. The van der Waals surface area contributed by atoms with Crippen molar-refractivity contribution < 1.29 is 19.1 Å². The summed E-state index contributed by atoms with van der Waals surface area (Å²) >= 11 is 1.34. The Morgan fingerprint density at radius 1 is 1.29 bits per heavy atom. The molecule has 24 heavy (non-hydrogen) atoms. The lowest BCUT2D eigenvalue weighted by Gasteiger charge is -2.10. The van der Waals surface area contributed by atoms with Gasteiger partial charge in [0.05, 0.1) is 7.11 Å². The molecule has 2 rings (SSSR count). The van der Waals surface area contributed by atoms with Gasteiger partial charge < -0.3 is 14.8 Å². The van der Waals surface area contributed by atoms with Crippen molar-refractivity contribution >= 4 is 23.2 Å². The minimum Gasteiger partial charge on any atom is -0.497 e. The molecule has 1 N–H and O–H groups in total. The number of nitrogens with one attached hydrogen (secondary N) is 1. The van der Waals surface area contributed by atoms with Crippen LogP contribution >= 0.6 is 11.3 Å². The fourth-order valence-electron chi connectivity index (χ4n) is 1.86. The van der Waals surface area contributed by atoms with Gasteiger partial charge in [-0.3, -0.25) is 4.79 Å². The van der Waals surface area contributed by atoms with E-state index in [0.717, 1.165) is 17.7 Å². The van der Waals surface area contributed by atoms with Crippen molar-refractivity contribution in [3.05, 3.63) is 35.3 Å². The van der Waals surface area contributed by atoms with Gasteiger partial charge in [0, 0.05) is 17.0 Å². The average molecular weight is 348 g/mol. The van der Waals surface area contributed by atoms with Crippen LogP contribution in [0.1, 0.15) is 30.8 Å². The Hall–Kier alpha value is -2.41. The van der Waals surface area contributed by atoms with Crippen LogP contribution in [0.5, 0.6) is 5.75 Å². The molecular weight excluding hydrogens is 328 g/mol. The van der Waals surface area contributed by atoms with Gasteiger partial charge in [-0.1, -0.05) is 6.92 Å². The van der Waals surface area contributed by atoms with E-state index in [1.807, 2.05) is 38.1 Å². The second-order valence-electron chi connectivity index (χ2n) is 5.22. The first kappa shape index (κ1) is 17.9. The Kier molecular flexibility index (Phi) is 6.31. The molecule has 0 aliphatic carbocycles. The molecule has 0 aliphatic rings. The molecule has 2 aromatic rings. The zero-order valence-corrected chi connectivity index (χ0v) is 14.7. The largest absolute Gasteiger partial charge is 0.497 e. The summed E-state index contributed by atoms with van der Waals surface area (Å²) in [6, 6.07) is 7.44. The van der Waals surface area contributed by atoms with E-state index in [4.69, 9.17) is 9.47 Å². The maximum Gasteiger partial charge on any atom is 0.358 e. The quantitative estimate of drug-likeness (QED) is 0.779. The van der Waals surface area contributed by atoms with Crippen LogP contribution in [0.4, 0.5) is 0 Å². The molecule has 1 heterocycles. The lowest BCUT2D eigenvalue weighted by molar-refractivity contribution is -0.124. The van der Waals surface area contributed by atoms with E-state index in [1.54, 1.807) is 12.5 Å². The van der Waals surface area contributed by atoms with Crippen LogP contribution in [0.3, 0.4) is 0 Å². The molecule has 1 aromatic carbocycles. The number of amides is 1. The Bertz CT molecular complexity index is 697. The lowest BCUT2D eigenvalue weighted by Crippen LogP contribution is -2.35. The number of rotatable bonds is 7. The molecule has 0 radical (unpaired) electrons. The number of nitrogens with zero attached hydrogens (tertiary/aromatic N) is 1. The molecule has 0 saturated heterocycles. The molecule has 0 bridgehead atoms. The third kappa shape index (κ3) is 4.79. The summed E-state index contributed by atoms with van der Waals surface area (Å²) < 4.78 is 10.1. The van der Waals surface area contributed by atoms with Crippen molar-refractivity contribution in [2.75, 3.05) is 13.7 Å². The monoisotopic (exact) mass is 348 g/mol. The molecule has 0 aliphatic heterocycles. The number of hydrogen-bond acceptors (Lipinski definition) is 6. The van der Waals surface area contributed by atoms with E-state index in [1.165, 1.54) is 11.3 Å². The molecule has 0 fully saturated rings. The van der Waals surface area contributed by atoms with Gasteiger partial charge in [-0.15, -0.1) is 11.3 Å². The predicted molar refractivity (Wildman–Crippen MR) is 92.3 cm³/mol. The summed E-state index contributed by atoms with van der Waals surface area (Å²) in [6.45, 7) is 3.55. The summed E-state index contributed by atoms with van der Waals surface area (Å²) in [5, 5.41) is 5.05. The van der Waals surface area contributed by atoms with Gasteiger partial charge in [-0.25, -0.2) is 9.78 Å². The summed E-state index contributed by atoms with van der Waals surface area (Å²) in [6.07, 6.45) is 0.816. The first-order valence-electron chi connectivity index (χ1n) is 7.60. The maximum atomic E-state index is 12.0. The Balaban J connectivity index is 1.94. The van der Waals surface area contributed by atoms with E-state index in [-0.39, 0.29) is 24.2 Å². The van der Waals surface area contributed by atoms with Crippen LogP contribution < -0.4 is 10.1 Å². The van der Waals surface area contributed by atoms with Crippen molar-refractivity contribution in [2.45, 2.75) is 26.3 Å². The molecule has 7 heteroatoms. The number of ether oxygens (including phenoxy) is 2. The van der Waals surface area contributed by atoms with Gasteiger partial charge in [0.25, 0.3) is 5.91 Å². The van der Waals surface area contributed by atoms with Crippen molar-refractivity contribution in [3.8, 4) is 16.3 Å². The predicted octanol–water partition coefficient (Wildman–Crippen LogP) is 2.89. The van der Waals surface area contributed by atoms with E-state index < -0.39 is 5.97 Å². The minimum atomic E-state index is -0.606. The van der Waals surface area contributed by atoms with Crippen LogP contribution in [0, 0.1) is 0 Å². The van der Waals surface area contributed by atoms with Crippen molar-refractivity contribution in [3.63, 3.8) is 0 Å². The summed E-state index contributed by atoms with van der Waals surface area (Å²) in [4.78, 5) is 27.9. The Morgan fingerprint density at radius 2 is 2.00 bits per heavy atom. The number of esters is 1. The standard InChI is InChI=1S/C17H20N2O4S/c1-4-11(2)18-15(20)9-23-17(21)14-10-24-16(19-14)12-5-7-13(22-3)8-6-12/h5-8,10-11H,4,9H2,1-3H3,(H,18,20)/t11-/m0/s1. The second kappa shape index (κ2) is 8.44. The zero-order chi connectivity index (χ0) is 17.5. The maximum absolute atomic E-state index is 12.0. The van der Waals surface area contributed by atoms with E-state index in [0.29, 0.717) is 5.01 Å². The number of aromatic nitrogens is 1. The van der Waals surface area contributed by atoms with Crippen molar-refractivity contribution in [1.29, 1.82) is 0 Å². The average Bonchev–Trinajstić information content (AvgIpc) is 3.09. The molecular formula is C17H20N2O4S. The molecule has 1 aromatic heterocycles. The molecule has 0 saturated carbocycles. The third-order valence-electron chi connectivity index (χ3n) is 3.40. The van der Waals surface area contributed by atoms with Crippen LogP contribution in [0.25, 0.3) is 10.6 Å². The fourth-order valence-corrected chi connectivity index (χ4v) is 2.65. The molecule has 1 amide bonds. The molecule has 0 spiro atoms. The van der Waals surface area contributed by atoms with Gasteiger partial charge in [0.2, 0.25) is 0 Å². The number of hydrogen-bond donors (Lipinski definition) is 1. The van der Waals surface area contributed by atoms with Crippen molar-refractivity contribution in [2.24, 2.45) is 0 Å². The van der Waals surface area contributed by atoms with E-state index >= 15 is 0 Å². The lowest BCUT2D eigenvalue weighted by atomic mass is 10.2. The smallest absolute Gasteiger partial charge is 0.358 e. The first-order valence-corrected chi connectivity index (χ1v) is 8.48. The summed E-state index contributed by atoms with van der Waals surface area (Å²) in [7, 11) is 1.60. The topological polar surface area (TPSA) is 77.5 Å². The van der Waals surface area contributed by atoms with E-state index in [2.05, 4.69) is 10.3 Å². The van der Waals surface area contributed by atoms with E-state index in [9.17, 15) is 9.59 Å². The normalized spacial score (nSPS) is 11.6. The van der Waals surface area contributed by atoms with Crippen LogP contribution in [0.2, 0.25) is 0 Å². The SMILES string of the molecule is CC[C@H](C)NC(=O)COC(=O)c1csc(-c2ccc(OC)cc2)n1. The van der Waals surface area contributed by atoms with Crippen LogP contribution in [-0.2, 0) is 9.53 Å². The number of methoxy groups -OCH3 is 1. The number of benzene rings is 1. The number of thiazole rings is 1. The highest BCUT2D eigenvalue weighted by molar-refractivity contribution is 7.13. The number of carbonyl (C=O) groups is 2. The van der Waals surface area contributed by atoms with Gasteiger partial charge in [-0.05, 0) is 37.6 Å². The zero-order valence-electron chi connectivity index (χ0n) is 13.9. The molecule has 0 unspecified atom stereocenters. The van der Waals surface area contributed by atoms with Crippen LogP contribution in [0.15, 0.2) is 29.6 Å². The second-order valence-corrected chi connectivity index (χ2v) is 6.08.